The van der Waals surface area contributed by atoms with Gasteiger partial charge in [-0.3, -0.25) is 13.8 Å². The number of aliphatic hydroxyl groups is 1. The van der Waals surface area contributed by atoms with E-state index in [1.165, 1.54) is 199 Å². The maximum absolute atomic E-state index is 13.1. The van der Waals surface area contributed by atoms with Gasteiger partial charge in [0.15, 0.2) is 0 Å². The Morgan fingerprint density at radius 2 is 0.750 bits per heavy atom. The molecule has 3 atom stereocenters. The van der Waals surface area contributed by atoms with E-state index in [-0.39, 0.29) is 19.1 Å². The number of hydrogen-bond donors (Lipinski definition) is 3. The SMILES string of the molecule is CC/C=C\C/C=C\C/C=C\C/C=C\C/C=C\C/C=C\C/C=C\CCCCCCCCCCCCCCCC(=O)NC(COP(=O)(O)OCC[N+](C)(C)C)C(O)CCCCCCCCCCCCCCCCCCCCCCCCC. The first-order chi connectivity index (χ1) is 39.0. The van der Waals surface area contributed by atoms with Crippen LogP contribution in [-0.4, -0.2) is 73.4 Å². The van der Waals surface area contributed by atoms with E-state index in [1.807, 2.05) is 21.1 Å². The van der Waals surface area contributed by atoms with Gasteiger partial charge in [0.2, 0.25) is 5.91 Å². The van der Waals surface area contributed by atoms with Crippen LogP contribution < -0.4 is 5.32 Å². The summed E-state index contributed by atoms with van der Waals surface area (Å²) in [6, 6.07) is -0.767. The molecular weight excluding hydrogens is 1010 g/mol. The Labute approximate surface area is 497 Å². The molecule has 0 fully saturated rings. The normalized spacial score (nSPS) is 14.2. The molecule has 3 N–H and O–H groups in total. The van der Waals surface area contributed by atoms with Crippen LogP contribution in [0.2, 0.25) is 0 Å². The van der Waals surface area contributed by atoms with Crippen molar-refractivity contribution in [2.24, 2.45) is 0 Å². The summed E-state index contributed by atoms with van der Waals surface area (Å²) in [6.07, 6.45) is 86.7. The Morgan fingerprint density at radius 3 is 1.10 bits per heavy atom. The highest BCUT2D eigenvalue weighted by atomic mass is 31.2. The summed E-state index contributed by atoms with van der Waals surface area (Å²) in [5.41, 5.74) is 0. The highest BCUT2D eigenvalue weighted by Crippen LogP contribution is 2.43. The first-order valence-corrected chi connectivity index (χ1v) is 35.4. The number of nitrogens with one attached hydrogen (secondary N) is 1. The fraction of sp³-hybridized carbons (Fsp3) is 0.789. The molecule has 0 aromatic carbocycles. The molecule has 0 radical (unpaired) electrons. The van der Waals surface area contributed by atoms with Gasteiger partial charge in [-0.15, -0.1) is 0 Å². The van der Waals surface area contributed by atoms with E-state index in [0.717, 1.165) is 83.5 Å². The molecule has 8 nitrogen and oxygen atoms in total. The molecule has 0 bridgehead atoms. The van der Waals surface area contributed by atoms with E-state index in [4.69, 9.17) is 9.05 Å². The van der Waals surface area contributed by atoms with E-state index >= 15 is 0 Å². The van der Waals surface area contributed by atoms with Crippen molar-refractivity contribution in [3.05, 3.63) is 85.1 Å². The third-order valence-corrected chi connectivity index (χ3v) is 16.1. The zero-order valence-corrected chi connectivity index (χ0v) is 54.2. The second-order valence-electron chi connectivity index (χ2n) is 24.2. The number of carbonyl (C=O) groups excluding carboxylic acids is 1. The number of quaternary nitrogens is 1. The standard InChI is InChI=1S/C71H131N2O6P/c1-6-8-10-12-14-16-18-20-22-24-26-28-30-31-32-33-34-35-36-37-38-39-40-41-43-45-47-49-51-53-55-57-59-61-63-65-71(75)72-69(68-79-80(76,77)78-67-66-73(3,4)5)70(74)64-62-60-58-56-54-52-50-48-46-44-42-29-27-25-23-21-19-17-15-13-11-9-7-2/h8,10,14,16,20,22,26,28,31-32,34-35,37-38,69-70,74H,6-7,9,11-13,15,17-19,21,23-25,27,29-30,33,36,39-68H2,1-5H3,(H-,72,75,76,77)/p+1/b10-8-,16-14-,22-20-,28-26-,32-31-,35-34-,38-37-. The number of rotatable bonds is 62. The number of carbonyl (C=O) groups is 1. The van der Waals surface area contributed by atoms with Gasteiger partial charge in [-0.1, -0.05) is 317 Å². The Kier molecular flexibility index (Phi) is 59.5. The summed E-state index contributed by atoms with van der Waals surface area (Å²) >= 11 is 0. The van der Waals surface area contributed by atoms with Crippen molar-refractivity contribution >= 4 is 13.7 Å². The maximum atomic E-state index is 13.1. The lowest BCUT2D eigenvalue weighted by Gasteiger charge is -2.26. The molecular formula is C71H132N2O6P+. The maximum Gasteiger partial charge on any atom is 0.472 e. The molecule has 0 saturated heterocycles. The minimum Gasteiger partial charge on any atom is -0.391 e. The summed E-state index contributed by atoms with van der Waals surface area (Å²) in [7, 11) is 1.62. The molecule has 0 aliphatic rings. The Balaban J connectivity index is 4.06. The highest BCUT2D eigenvalue weighted by Gasteiger charge is 2.28. The van der Waals surface area contributed by atoms with Crippen molar-refractivity contribution in [1.82, 2.24) is 5.32 Å². The van der Waals surface area contributed by atoms with E-state index < -0.39 is 20.0 Å². The van der Waals surface area contributed by atoms with Crippen molar-refractivity contribution in [2.75, 3.05) is 40.9 Å². The van der Waals surface area contributed by atoms with Crippen molar-refractivity contribution in [1.29, 1.82) is 0 Å². The fourth-order valence-corrected chi connectivity index (χ4v) is 10.6. The summed E-state index contributed by atoms with van der Waals surface area (Å²) in [5, 5.41) is 14.1. The number of hydrogen-bond acceptors (Lipinski definition) is 5. The number of phosphoric acid groups is 1. The van der Waals surface area contributed by atoms with Gasteiger partial charge in [0.1, 0.15) is 13.2 Å². The van der Waals surface area contributed by atoms with Crippen LogP contribution in [-0.2, 0) is 18.4 Å². The van der Waals surface area contributed by atoms with E-state index in [0.29, 0.717) is 23.9 Å². The van der Waals surface area contributed by atoms with Gasteiger partial charge in [0.25, 0.3) is 0 Å². The topological polar surface area (TPSA) is 105 Å². The van der Waals surface area contributed by atoms with E-state index in [2.05, 4.69) is 104 Å². The second-order valence-corrected chi connectivity index (χ2v) is 25.6. The van der Waals surface area contributed by atoms with E-state index in [9.17, 15) is 19.4 Å². The molecule has 1 amide bonds. The van der Waals surface area contributed by atoms with Gasteiger partial charge in [0, 0.05) is 6.42 Å². The average Bonchev–Trinajstić information content (AvgIpc) is 3.42. The molecule has 466 valence electrons. The average molecular weight is 1140 g/mol. The van der Waals surface area contributed by atoms with E-state index in [1.54, 1.807) is 0 Å². The van der Waals surface area contributed by atoms with Crippen molar-refractivity contribution in [3.8, 4) is 0 Å². The van der Waals surface area contributed by atoms with Crippen LogP contribution in [0.4, 0.5) is 0 Å². The van der Waals surface area contributed by atoms with Gasteiger partial charge in [-0.05, 0) is 70.6 Å². The molecule has 0 aliphatic carbocycles. The number of amides is 1. The van der Waals surface area contributed by atoms with Crippen LogP contribution in [0.25, 0.3) is 0 Å². The molecule has 9 heteroatoms. The van der Waals surface area contributed by atoms with Crippen LogP contribution in [0, 0.1) is 0 Å². The fourth-order valence-electron chi connectivity index (χ4n) is 9.91. The molecule has 80 heavy (non-hydrogen) atoms. The molecule has 0 aromatic heterocycles. The third kappa shape index (κ3) is 63.3. The minimum atomic E-state index is -4.33. The number of nitrogens with zero attached hydrogens (tertiary/aromatic N) is 1. The second kappa shape index (κ2) is 61.2. The monoisotopic (exact) mass is 1140 g/mol. The summed E-state index contributed by atoms with van der Waals surface area (Å²) in [4.78, 5) is 23.4. The quantitative estimate of drug-likeness (QED) is 0.0243. The highest BCUT2D eigenvalue weighted by molar-refractivity contribution is 7.47. The number of likely N-dealkylation sites (N-methyl/N-ethyl adjacent to an activating group) is 1. The predicted molar refractivity (Wildman–Crippen MR) is 350 cm³/mol. The lowest BCUT2D eigenvalue weighted by molar-refractivity contribution is -0.870. The largest absolute Gasteiger partial charge is 0.472 e. The summed E-state index contributed by atoms with van der Waals surface area (Å²) < 4.78 is 23.9. The molecule has 0 spiro atoms. The van der Waals surface area contributed by atoms with Gasteiger partial charge >= 0.3 is 7.82 Å². The van der Waals surface area contributed by atoms with Crippen molar-refractivity contribution in [2.45, 2.75) is 321 Å². The zero-order chi connectivity index (χ0) is 58.4. The van der Waals surface area contributed by atoms with Gasteiger partial charge in [-0.2, -0.15) is 0 Å². The van der Waals surface area contributed by atoms with Crippen LogP contribution in [0.5, 0.6) is 0 Å². The van der Waals surface area contributed by atoms with Crippen LogP contribution >= 0.6 is 7.82 Å². The smallest absolute Gasteiger partial charge is 0.391 e. The van der Waals surface area contributed by atoms with Crippen LogP contribution in [0.3, 0.4) is 0 Å². The van der Waals surface area contributed by atoms with Crippen LogP contribution in [0.1, 0.15) is 309 Å². The third-order valence-electron chi connectivity index (χ3n) is 15.2. The first kappa shape index (κ1) is 77.7. The first-order valence-electron chi connectivity index (χ1n) is 34.0. The Hall–Kier alpha value is -2.32. The molecule has 3 unspecified atom stereocenters. The number of aliphatic hydroxyl groups excluding tert-OH is 1. The number of allylic oxidation sites excluding steroid dienone is 14. The zero-order valence-electron chi connectivity index (χ0n) is 53.3. The lowest BCUT2D eigenvalue weighted by Crippen LogP contribution is -2.46. The van der Waals surface area contributed by atoms with Crippen molar-refractivity contribution < 1.29 is 32.9 Å². The number of phosphoric ester groups is 1. The number of unbranched alkanes of at least 4 members (excludes halogenated alkanes) is 35. The summed E-state index contributed by atoms with van der Waals surface area (Å²) in [5.74, 6) is -0.144. The molecule has 0 heterocycles. The molecule has 0 saturated carbocycles. The molecule has 0 aliphatic heterocycles. The minimum absolute atomic E-state index is 0.0726. The van der Waals surface area contributed by atoms with Gasteiger partial charge in [-0.25, -0.2) is 4.57 Å². The van der Waals surface area contributed by atoms with Crippen LogP contribution in [0.15, 0.2) is 85.1 Å². The summed E-state index contributed by atoms with van der Waals surface area (Å²) in [6.45, 7) is 4.81. The Bertz CT molecular complexity index is 1580. The molecule has 0 aromatic rings. The van der Waals surface area contributed by atoms with Gasteiger partial charge < -0.3 is 19.8 Å². The Morgan fingerprint density at radius 1 is 0.438 bits per heavy atom. The van der Waals surface area contributed by atoms with Gasteiger partial charge in [0.05, 0.1) is 39.9 Å². The lowest BCUT2D eigenvalue weighted by atomic mass is 10.0. The predicted octanol–water partition coefficient (Wildman–Crippen LogP) is 21.5. The molecule has 0 rings (SSSR count). The van der Waals surface area contributed by atoms with Crippen molar-refractivity contribution in [3.63, 3.8) is 0 Å².